The number of ether oxygens (including phenoxy) is 4. The maximum absolute atomic E-state index is 6.07. The van der Waals surface area contributed by atoms with Crippen molar-refractivity contribution >= 4 is 0 Å². The maximum atomic E-state index is 6.07. The molecule has 5 nitrogen and oxygen atoms in total. The second-order valence-corrected chi connectivity index (χ2v) is 5.61. The van der Waals surface area contributed by atoms with E-state index in [-0.39, 0.29) is 24.4 Å². The van der Waals surface area contributed by atoms with E-state index in [1.54, 1.807) is 7.11 Å². The Balaban J connectivity index is 2.53. The second-order valence-electron chi connectivity index (χ2n) is 5.61. The molecule has 0 spiro atoms. The quantitative estimate of drug-likeness (QED) is 0.560. The normalized spacial score (nSPS) is 29.1. The van der Waals surface area contributed by atoms with Gasteiger partial charge in [0, 0.05) is 20.3 Å². The van der Waals surface area contributed by atoms with Crippen LogP contribution in [0.25, 0.3) is 0 Å². The zero-order chi connectivity index (χ0) is 15.5. The standard InChI is InChI=1S/C16H33NO4/c1-4-6-10-19-12-14-16(20-11-7-5-2)15(18-3)13(21-14)8-9-17/h13-16H,4-12,17H2,1-3H3/t13?,14-,15+,16-/m1/s1. The number of hydrogen-bond acceptors (Lipinski definition) is 5. The molecule has 4 atom stereocenters. The lowest BCUT2D eigenvalue weighted by atomic mass is 10.1. The van der Waals surface area contributed by atoms with Crippen LogP contribution in [0.5, 0.6) is 0 Å². The Bertz CT molecular complexity index is 252. The predicted molar refractivity (Wildman–Crippen MR) is 83.5 cm³/mol. The summed E-state index contributed by atoms with van der Waals surface area (Å²) in [6.45, 7) is 6.99. The zero-order valence-electron chi connectivity index (χ0n) is 13.9. The van der Waals surface area contributed by atoms with Crippen LogP contribution in [0.4, 0.5) is 0 Å². The molecular formula is C16H33NO4. The molecule has 1 aliphatic rings. The van der Waals surface area contributed by atoms with E-state index in [0.717, 1.165) is 45.3 Å². The third kappa shape index (κ3) is 6.20. The minimum atomic E-state index is -0.0558. The SMILES string of the molecule is CCCCOC[C@H]1OC(CCN)[C@H](OC)[C@@H]1OCCCC. The first kappa shape index (κ1) is 18.8. The van der Waals surface area contributed by atoms with Gasteiger partial charge in [0.15, 0.2) is 0 Å². The van der Waals surface area contributed by atoms with Gasteiger partial charge in [-0.1, -0.05) is 26.7 Å². The molecule has 0 bridgehead atoms. The third-order valence-corrected chi connectivity index (χ3v) is 3.86. The van der Waals surface area contributed by atoms with Gasteiger partial charge >= 0.3 is 0 Å². The lowest BCUT2D eigenvalue weighted by Crippen LogP contribution is -2.39. The van der Waals surface area contributed by atoms with Crippen LogP contribution in [0.2, 0.25) is 0 Å². The minimum Gasteiger partial charge on any atom is -0.379 e. The summed E-state index contributed by atoms with van der Waals surface area (Å²) in [6, 6.07) is 0. The fourth-order valence-electron chi connectivity index (χ4n) is 2.63. The van der Waals surface area contributed by atoms with Crippen LogP contribution in [0, 0.1) is 0 Å². The van der Waals surface area contributed by atoms with Crippen molar-refractivity contribution in [1.82, 2.24) is 0 Å². The monoisotopic (exact) mass is 303 g/mol. The molecule has 0 radical (unpaired) electrons. The first-order chi connectivity index (χ1) is 10.3. The fraction of sp³-hybridized carbons (Fsp3) is 1.00. The Morgan fingerprint density at radius 1 is 1.00 bits per heavy atom. The molecule has 0 amide bonds. The van der Waals surface area contributed by atoms with Crippen molar-refractivity contribution in [2.24, 2.45) is 5.73 Å². The summed E-state index contributed by atoms with van der Waals surface area (Å²) in [5.41, 5.74) is 5.67. The molecule has 5 heteroatoms. The summed E-state index contributed by atoms with van der Waals surface area (Å²) in [4.78, 5) is 0. The van der Waals surface area contributed by atoms with Gasteiger partial charge in [0.1, 0.15) is 18.3 Å². The highest BCUT2D eigenvalue weighted by atomic mass is 16.6. The van der Waals surface area contributed by atoms with E-state index in [1.165, 1.54) is 0 Å². The highest BCUT2D eigenvalue weighted by molar-refractivity contribution is 4.93. The number of methoxy groups -OCH3 is 1. The average Bonchev–Trinajstić information content (AvgIpc) is 2.81. The summed E-state index contributed by atoms with van der Waals surface area (Å²) in [5, 5.41) is 0. The van der Waals surface area contributed by atoms with Gasteiger partial charge in [-0.05, 0) is 25.8 Å². The van der Waals surface area contributed by atoms with Gasteiger partial charge in [0.2, 0.25) is 0 Å². The molecule has 2 N–H and O–H groups in total. The maximum Gasteiger partial charge on any atom is 0.115 e. The molecule has 21 heavy (non-hydrogen) atoms. The van der Waals surface area contributed by atoms with Crippen LogP contribution in [0.15, 0.2) is 0 Å². The molecule has 126 valence electrons. The summed E-state index contributed by atoms with van der Waals surface area (Å²) in [7, 11) is 1.72. The number of unbranched alkanes of at least 4 members (excludes halogenated alkanes) is 2. The van der Waals surface area contributed by atoms with Crippen LogP contribution < -0.4 is 5.73 Å². The van der Waals surface area contributed by atoms with Gasteiger partial charge in [0.05, 0.1) is 12.7 Å². The third-order valence-electron chi connectivity index (χ3n) is 3.86. The largest absolute Gasteiger partial charge is 0.379 e. The smallest absolute Gasteiger partial charge is 0.115 e. The first-order valence-corrected chi connectivity index (χ1v) is 8.36. The van der Waals surface area contributed by atoms with Crippen molar-refractivity contribution in [3.05, 3.63) is 0 Å². The molecule has 0 saturated carbocycles. The van der Waals surface area contributed by atoms with Crippen LogP contribution in [-0.2, 0) is 18.9 Å². The highest BCUT2D eigenvalue weighted by Gasteiger charge is 2.45. The van der Waals surface area contributed by atoms with Gasteiger partial charge < -0.3 is 24.7 Å². The molecule has 1 fully saturated rings. The molecule has 0 aromatic carbocycles. The lowest BCUT2D eigenvalue weighted by molar-refractivity contribution is -0.0729. The topological polar surface area (TPSA) is 62.9 Å². The molecule has 0 aromatic heterocycles. The molecule has 0 aromatic rings. The van der Waals surface area contributed by atoms with E-state index in [4.69, 9.17) is 24.7 Å². The number of nitrogens with two attached hydrogens (primary N) is 1. The Morgan fingerprint density at radius 3 is 2.33 bits per heavy atom. The molecule has 1 unspecified atom stereocenters. The lowest BCUT2D eigenvalue weighted by Gasteiger charge is -2.23. The van der Waals surface area contributed by atoms with Crippen molar-refractivity contribution in [1.29, 1.82) is 0 Å². The average molecular weight is 303 g/mol. The van der Waals surface area contributed by atoms with Crippen LogP contribution in [0.1, 0.15) is 46.0 Å². The molecule has 1 saturated heterocycles. The molecular weight excluding hydrogens is 270 g/mol. The van der Waals surface area contributed by atoms with E-state index in [1.807, 2.05) is 0 Å². The van der Waals surface area contributed by atoms with E-state index < -0.39 is 0 Å². The molecule has 1 aliphatic heterocycles. The Morgan fingerprint density at radius 2 is 1.71 bits per heavy atom. The summed E-state index contributed by atoms with van der Waals surface area (Å²) >= 11 is 0. The number of hydrogen-bond donors (Lipinski definition) is 1. The first-order valence-electron chi connectivity index (χ1n) is 8.36. The van der Waals surface area contributed by atoms with Gasteiger partial charge in [-0.3, -0.25) is 0 Å². The Hall–Kier alpha value is -0.200. The van der Waals surface area contributed by atoms with Crippen LogP contribution in [0.3, 0.4) is 0 Å². The summed E-state index contributed by atoms with van der Waals surface area (Å²) < 4.78 is 23.4. The fourth-order valence-corrected chi connectivity index (χ4v) is 2.63. The molecule has 1 rings (SSSR count). The van der Waals surface area contributed by atoms with Crippen LogP contribution >= 0.6 is 0 Å². The molecule has 1 heterocycles. The van der Waals surface area contributed by atoms with Crippen molar-refractivity contribution in [2.75, 3.05) is 33.5 Å². The van der Waals surface area contributed by atoms with Gasteiger partial charge in [0.25, 0.3) is 0 Å². The van der Waals surface area contributed by atoms with E-state index in [9.17, 15) is 0 Å². The second kappa shape index (κ2) is 11.4. The van der Waals surface area contributed by atoms with Crippen molar-refractivity contribution in [3.8, 4) is 0 Å². The molecule has 0 aliphatic carbocycles. The van der Waals surface area contributed by atoms with Crippen molar-refractivity contribution in [2.45, 2.75) is 70.4 Å². The zero-order valence-corrected chi connectivity index (χ0v) is 13.9. The van der Waals surface area contributed by atoms with E-state index >= 15 is 0 Å². The van der Waals surface area contributed by atoms with E-state index in [0.29, 0.717) is 13.2 Å². The summed E-state index contributed by atoms with van der Waals surface area (Å²) in [6.07, 6.45) is 5.02. The van der Waals surface area contributed by atoms with Crippen molar-refractivity contribution in [3.63, 3.8) is 0 Å². The van der Waals surface area contributed by atoms with Gasteiger partial charge in [-0.25, -0.2) is 0 Å². The predicted octanol–water partition coefficient (Wildman–Crippen LogP) is 2.12. The van der Waals surface area contributed by atoms with Crippen molar-refractivity contribution < 1.29 is 18.9 Å². The van der Waals surface area contributed by atoms with Crippen LogP contribution in [-0.4, -0.2) is 57.9 Å². The van der Waals surface area contributed by atoms with E-state index in [2.05, 4.69) is 13.8 Å². The summed E-state index contributed by atoms with van der Waals surface area (Å²) in [5.74, 6) is 0. The number of rotatable bonds is 12. The Labute approximate surface area is 129 Å². The highest BCUT2D eigenvalue weighted by Crippen LogP contribution is 2.28. The Kier molecular flexibility index (Phi) is 10.2. The minimum absolute atomic E-state index is 0.00593. The van der Waals surface area contributed by atoms with Gasteiger partial charge in [-0.15, -0.1) is 0 Å². The van der Waals surface area contributed by atoms with Gasteiger partial charge in [-0.2, -0.15) is 0 Å².